The van der Waals surface area contributed by atoms with Crippen molar-refractivity contribution in [1.29, 1.82) is 0 Å². The Kier molecular flexibility index (Phi) is 5.78. The van der Waals surface area contributed by atoms with E-state index in [9.17, 15) is 13.2 Å². The van der Waals surface area contributed by atoms with Gasteiger partial charge in [-0.25, -0.2) is 13.2 Å². The van der Waals surface area contributed by atoms with Crippen LogP contribution in [-0.4, -0.2) is 51.6 Å². The molecule has 0 radical (unpaired) electrons. The van der Waals surface area contributed by atoms with E-state index in [0.717, 1.165) is 12.8 Å². The highest BCUT2D eigenvalue weighted by atomic mass is 32.2. The summed E-state index contributed by atoms with van der Waals surface area (Å²) in [6.45, 7) is 4.88. The summed E-state index contributed by atoms with van der Waals surface area (Å²) in [7, 11) is -2.52. The van der Waals surface area contributed by atoms with Crippen LogP contribution in [0.25, 0.3) is 0 Å². The molecule has 1 saturated heterocycles. The molecular formula is C16H23NO5S. The lowest BCUT2D eigenvalue weighted by Gasteiger charge is -2.32. The average Bonchev–Trinajstić information content (AvgIpc) is 2.54. The molecule has 0 N–H and O–H groups in total. The van der Waals surface area contributed by atoms with Crippen molar-refractivity contribution < 1.29 is 22.7 Å². The molecule has 1 fully saturated rings. The van der Waals surface area contributed by atoms with Crippen LogP contribution in [0.15, 0.2) is 23.1 Å². The normalized spacial score (nSPS) is 19.5. The number of aryl methyl sites for hydroxylation is 1. The Morgan fingerprint density at radius 3 is 2.78 bits per heavy atom. The highest BCUT2D eigenvalue weighted by molar-refractivity contribution is 7.89. The molecule has 0 spiro atoms. The van der Waals surface area contributed by atoms with Crippen LogP contribution in [0.4, 0.5) is 0 Å². The lowest BCUT2D eigenvalue weighted by Crippen LogP contribution is -2.43. The topological polar surface area (TPSA) is 72.9 Å². The molecule has 128 valence electrons. The minimum absolute atomic E-state index is 0.00139. The lowest BCUT2D eigenvalue weighted by atomic mass is 10.1. The van der Waals surface area contributed by atoms with Gasteiger partial charge in [0, 0.05) is 19.7 Å². The predicted octanol–water partition coefficient (Wildman–Crippen LogP) is 1.97. The molecule has 1 aliphatic heterocycles. The SMILES string of the molecule is CCOC1CCCN(S(=O)(=O)c2cccc(C)c2C(=O)OC)C1. The van der Waals surface area contributed by atoms with E-state index in [4.69, 9.17) is 9.47 Å². The Hall–Kier alpha value is -1.44. The van der Waals surface area contributed by atoms with Gasteiger partial charge in [0.05, 0.1) is 23.7 Å². The fourth-order valence-corrected chi connectivity index (χ4v) is 4.62. The van der Waals surface area contributed by atoms with Crippen LogP contribution < -0.4 is 0 Å². The predicted molar refractivity (Wildman–Crippen MR) is 85.9 cm³/mol. The molecule has 1 atom stereocenters. The van der Waals surface area contributed by atoms with Crippen LogP contribution in [0.3, 0.4) is 0 Å². The van der Waals surface area contributed by atoms with E-state index < -0.39 is 16.0 Å². The van der Waals surface area contributed by atoms with Gasteiger partial charge in [0.2, 0.25) is 10.0 Å². The number of carbonyl (C=O) groups excluding carboxylic acids is 1. The van der Waals surface area contributed by atoms with Crippen molar-refractivity contribution in [3.05, 3.63) is 29.3 Å². The number of esters is 1. The first-order chi connectivity index (χ1) is 10.9. The number of methoxy groups -OCH3 is 1. The molecule has 7 heteroatoms. The zero-order valence-electron chi connectivity index (χ0n) is 13.7. The standard InChI is InChI=1S/C16H23NO5S/c1-4-22-13-8-6-10-17(11-13)23(19,20)14-9-5-7-12(2)15(14)16(18)21-3/h5,7,9,13H,4,6,8,10-11H2,1-3H3. The third kappa shape index (κ3) is 3.73. The van der Waals surface area contributed by atoms with Crippen molar-refractivity contribution >= 4 is 16.0 Å². The fraction of sp³-hybridized carbons (Fsp3) is 0.562. The van der Waals surface area contributed by atoms with Gasteiger partial charge < -0.3 is 9.47 Å². The van der Waals surface area contributed by atoms with Gasteiger partial charge in [-0.05, 0) is 38.3 Å². The molecule has 1 unspecified atom stereocenters. The second-order valence-electron chi connectivity index (χ2n) is 5.52. The van der Waals surface area contributed by atoms with Crippen LogP contribution >= 0.6 is 0 Å². The number of sulfonamides is 1. The molecule has 0 aliphatic carbocycles. The summed E-state index contributed by atoms with van der Waals surface area (Å²) in [5.41, 5.74) is 0.685. The molecular weight excluding hydrogens is 318 g/mol. The third-order valence-electron chi connectivity index (χ3n) is 3.99. The Balaban J connectivity index is 2.40. The van der Waals surface area contributed by atoms with Crippen molar-refractivity contribution in [1.82, 2.24) is 4.31 Å². The van der Waals surface area contributed by atoms with Crippen LogP contribution in [0.5, 0.6) is 0 Å². The highest BCUT2D eigenvalue weighted by Gasteiger charge is 2.34. The molecule has 2 rings (SSSR count). The Morgan fingerprint density at radius 1 is 1.39 bits per heavy atom. The second-order valence-corrected chi connectivity index (χ2v) is 7.43. The largest absolute Gasteiger partial charge is 0.465 e. The third-order valence-corrected chi connectivity index (χ3v) is 5.89. The number of benzene rings is 1. The molecule has 0 aromatic heterocycles. The van der Waals surface area contributed by atoms with Gasteiger partial charge in [-0.1, -0.05) is 12.1 Å². The maximum Gasteiger partial charge on any atom is 0.339 e. The van der Waals surface area contributed by atoms with E-state index in [1.807, 2.05) is 6.92 Å². The minimum atomic E-state index is -3.77. The number of carbonyl (C=O) groups is 1. The van der Waals surface area contributed by atoms with Gasteiger partial charge in [0.15, 0.2) is 0 Å². The summed E-state index contributed by atoms with van der Waals surface area (Å²) in [6.07, 6.45) is 1.48. The molecule has 0 amide bonds. The van der Waals surface area contributed by atoms with E-state index in [1.165, 1.54) is 17.5 Å². The number of hydrogen-bond acceptors (Lipinski definition) is 5. The van der Waals surface area contributed by atoms with Crippen molar-refractivity contribution in [3.63, 3.8) is 0 Å². The van der Waals surface area contributed by atoms with E-state index >= 15 is 0 Å². The Morgan fingerprint density at radius 2 is 2.13 bits per heavy atom. The van der Waals surface area contributed by atoms with E-state index in [2.05, 4.69) is 0 Å². The summed E-state index contributed by atoms with van der Waals surface area (Å²) in [4.78, 5) is 12.0. The number of ether oxygens (including phenoxy) is 2. The van der Waals surface area contributed by atoms with Gasteiger partial charge in [-0.2, -0.15) is 4.31 Å². The quantitative estimate of drug-likeness (QED) is 0.766. The van der Waals surface area contributed by atoms with Crippen LogP contribution in [0, 0.1) is 6.92 Å². The highest BCUT2D eigenvalue weighted by Crippen LogP contribution is 2.26. The summed E-state index contributed by atoms with van der Waals surface area (Å²) in [5, 5.41) is 0. The number of hydrogen-bond donors (Lipinski definition) is 0. The molecule has 1 aromatic rings. The van der Waals surface area contributed by atoms with Gasteiger partial charge in [-0.15, -0.1) is 0 Å². The number of rotatable bonds is 5. The minimum Gasteiger partial charge on any atom is -0.465 e. The zero-order chi connectivity index (χ0) is 17.0. The zero-order valence-corrected chi connectivity index (χ0v) is 14.6. The summed E-state index contributed by atoms with van der Waals surface area (Å²) in [6, 6.07) is 4.79. The number of piperidine rings is 1. The van der Waals surface area contributed by atoms with Crippen LogP contribution in [0.2, 0.25) is 0 Å². The van der Waals surface area contributed by atoms with Crippen molar-refractivity contribution in [2.45, 2.75) is 37.7 Å². The average molecular weight is 341 g/mol. The van der Waals surface area contributed by atoms with Crippen LogP contribution in [0.1, 0.15) is 35.7 Å². The van der Waals surface area contributed by atoms with Gasteiger partial charge >= 0.3 is 5.97 Å². The first-order valence-electron chi connectivity index (χ1n) is 7.71. The van der Waals surface area contributed by atoms with Crippen molar-refractivity contribution in [2.75, 3.05) is 26.8 Å². The molecule has 23 heavy (non-hydrogen) atoms. The first-order valence-corrected chi connectivity index (χ1v) is 9.15. The summed E-state index contributed by atoms with van der Waals surface area (Å²) < 4.78 is 37.7. The number of nitrogens with zero attached hydrogens (tertiary/aromatic N) is 1. The van der Waals surface area contributed by atoms with E-state index in [1.54, 1.807) is 19.1 Å². The molecule has 6 nitrogen and oxygen atoms in total. The fourth-order valence-electron chi connectivity index (χ4n) is 2.85. The maximum absolute atomic E-state index is 13.0. The molecule has 0 saturated carbocycles. The van der Waals surface area contributed by atoms with Gasteiger partial charge in [0.1, 0.15) is 0 Å². The van der Waals surface area contributed by atoms with E-state index in [0.29, 0.717) is 25.3 Å². The molecule has 1 aliphatic rings. The van der Waals surface area contributed by atoms with Gasteiger partial charge in [-0.3, -0.25) is 0 Å². The monoisotopic (exact) mass is 341 g/mol. The Labute approximate surface area is 137 Å². The van der Waals surface area contributed by atoms with Crippen LogP contribution in [-0.2, 0) is 19.5 Å². The Bertz CT molecular complexity index is 669. The van der Waals surface area contributed by atoms with Crippen molar-refractivity contribution in [3.8, 4) is 0 Å². The smallest absolute Gasteiger partial charge is 0.339 e. The van der Waals surface area contributed by atoms with E-state index in [-0.39, 0.29) is 16.6 Å². The summed E-state index contributed by atoms with van der Waals surface area (Å²) >= 11 is 0. The lowest BCUT2D eigenvalue weighted by molar-refractivity contribution is 0.0265. The second kappa shape index (κ2) is 7.42. The first kappa shape index (κ1) is 17.9. The van der Waals surface area contributed by atoms with Crippen molar-refractivity contribution in [2.24, 2.45) is 0 Å². The molecule has 1 aromatic carbocycles. The maximum atomic E-state index is 13.0. The van der Waals surface area contributed by atoms with Gasteiger partial charge in [0.25, 0.3) is 0 Å². The summed E-state index contributed by atoms with van der Waals surface area (Å²) in [5.74, 6) is -0.639. The molecule has 1 heterocycles. The molecule has 0 bridgehead atoms.